The van der Waals surface area contributed by atoms with Crippen molar-refractivity contribution in [3.05, 3.63) is 35.4 Å². The molecule has 0 spiro atoms. The van der Waals surface area contributed by atoms with Gasteiger partial charge < -0.3 is 15.4 Å². The summed E-state index contributed by atoms with van der Waals surface area (Å²) in [5, 5.41) is 6.40. The number of hydrogen-bond acceptors (Lipinski definition) is 4. The van der Waals surface area contributed by atoms with Crippen molar-refractivity contribution in [1.82, 2.24) is 15.5 Å². The topological polar surface area (TPSA) is 53.6 Å². The van der Waals surface area contributed by atoms with Crippen LogP contribution in [0.25, 0.3) is 0 Å². The summed E-state index contributed by atoms with van der Waals surface area (Å²) >= 11 is 0. The highest BCUT2D eigenvalue weighted by Gasteiger charge is 2.25. The van der Waals surface area contributed by atoms with Crippen molar-refractivity contribution in [3.8, 4) is 0 Å². The van der Waals surface area contributed by atoms with E-state index in [0.29, 0.717) is 6.54 Å². The number of benzene rings is 1. The van der Waals surface area contributed by atoms with Crippen molar-refractivity contribution in [1.29, 1.82) is 0 Å². The summed E-state index contributed by atoms with van der Waals surface area (Å²) in [6.45, 7) is 6.71. The summed E-state index contributed by atoms with van der Waals surface area (Å²) in [5.41, 5.74) is 2.40. The van der Waals surface area contributed by atoms with E-state index in [-0.39, 0.29) is 11.8 Å². The smallest absolute Gasteiger partial charge is 0.228 e. The Kier molecular flexibility index (Phi) is 4.85. The van der Waals surface area contributed by atoms with Crippen LogP contribution in [-0.4, -0.2) is 56.7 Å². The zero-order chi connectivity index (χ0) is 14.5. The lowest BCUT2D eigenvalue weighted by Crippen LogP contribution is -2.44. The Hall–Kier alpha value is -1.43. The Morgan fingerprint density at radius 3 is 3.00 bits per heavy atom. The molecule has 1 aromatic carbocycles. The Bertz CT molecular complexity index is 486. The van der Waals surface area contributed by atoms with Gasteiger partial charge in [-0.2, -0.15) is 0 Å². The number of rotatable bonds is 4. The average Bonchev–Trinajstić information content (AvgIpc) is 2.55. The Morgan fingerprint density at radius 1 is 1.33 bits per heavy atom. The standard InChI is InChI=1S/C16H23N3O2/c20-16(18-5-6-19-7-9-21-10-8-19)15-12-17-11-13-3-1-2-4-14(13)15/h1-4,15,17H,5-12H2,(H,18,20). The molecule has 1 aromatic rings. The number of nitrogens with zero attached hydrogens (tertiary/aromatic N) is 1. The average molecular weight is 289 g/mol. The van der Waals surface area contributed by atoms with Crippen molar-refractivity contribution in [2.24, 2.45) is 0 Å². The van der Waals surface area contributed by atoms with Gasteiger partial charge in [-0.15, -0.1) is 0 Å². The molecule has 5 heteroatoms. The number of ether oxygens (including phenoxy) is 1. The third-order valence-electron chi connectivity index (χ3n) is 4.24. The van der Waals surface area contributed by atoms with Crippen LogP contribution in [-0.2, 0) is 16.1 Å². The van der Waals surface area contributed by atoms with E-state index < -0.39 is 0 Å². The largest absolute Gasteiger partial charge is 0.379 e. The maximum absolute atomic E-state index is 12.4. The molecule has 5 nitrogen and oxygen atoms in total. The maximum Gasteiger partial charge on any atom is 0.228 e. The molecule has 21 heavy (non-hydrogen) atoms. The summed E-state index contributed by atoms with van der Waals surface area (Å²) in [4.78, 5) is 14.7. The Labute approximate surface area is 125 Å². The van der Waals surface area contributed by atoms with Crippen LogP contribution in [0, 0.1) is 0 Å². The lowest BCUT2D eigenvalue weighted by molar-refractivity contribution is -0.122. The van der Waals surface area contributed by atoms with Gasteiger partial charge in [0.1, 0.15) is 0 Å². The van der Waals surface area contributed by atoms with E-state index in [4.69, 9.17) is 4.74 Å². The van der Waals surface area contributed by atoms with Crippen molar-refractivity contribution < 1.29 is 9.53 Å². The molecule has 0 saturated carbocycles. The van der Waals surface area contributed by atoms with E-state index in [1.165, 1.54) is 11.1 Å². The number of nitrogens with one attached hydrogen (secondary N) is 2. The van der Waals surface area contributed by atoms with Crippen molar-refractivity contribution >= 4 is 5.91 Å². The van der Waals surface area contributed by atoms with E-state index in [1.54, 1.807) is 0 Å². The number of carbonyl (C=O) groups excluding carboxylic acids is 1. The van der Waals surface area contributed by atoms with E-state index in [1.807, 2.05) is 12.1 Å². The summed E-state index contributed by atoms with van der Waals surface area (Å²) in [6.07, 6.45) is 0. The van der Waals surface area contributed by atoms with Crippen molar-refractivity contribution in [2.45, 2.75) is 12.5 Å². The monoisotopic (exact) mass is 289 g/mol. The molecule has 1 unspecified atom stereocenters. The summed E-state index contributed by atoms with van der Waals surface area (Å²) in [5.74, 6) is 0.0579. The van der Waals surface area contributed by atoms with Gasteiger partial charge in [0.05, 0.1) is 19.1 Å². The quantitative estimate of drug-likeness (QED) is 0.838. The van der Waals surface area contributed by atoms with Crippen LogP contribution in [0.1, 0.15) is 17.0 Å². The van der Waals surface area contributed by atoms with E-state index in [2.05, 4.69) is 27.7 Å². The fraction of sp³-hybridized carbons (Fsp3) is 0.562. The Morgan fingerprint density at radius 2 is 2.14 bits per heavy atom. The highest BCUT2D eigenvalue weighted by atomic mass is 16.5. The van der Waals surface area contributed by atoms with Gasteiger partial charge in [0.15, 0.2) is 0 Å². The minimum atomic E-state index is -0.0698. The molecule has 2 heterocycles. The van der Waals surface area contributed by atoms with Gasteiger partial charge in [-0.3, -0.25) is 9.69 Å². The second-order valence-electron chi connectivity index (χ2n) is 5.63. The van der Waals surface area contributed by atoms with Gasteiger partial charge in [-0.1, -0.05) is 24.3 Å². The number of carbonyl (C=O) groups is 1. The maximum atomic E-state index is 12.4. The first-order chi connectivity index (χ1) is 10.3. The molecule has 1 amide bonds. The summed E-state index contributed by atoms with van der Waals surface area (Å²) in [6, 6.07) is 8.20. The highest BCUT2D eigenvalue weighted by molar-refractivity contribution is 5.84. The van der Waals surface area contributed by atoms with Crippen LogP contribution in [0.4, 0.5) is 0 Å². The fourth-order valence-electron chi connectivity index (χ4n) is 3.02. The number of morpholine rings is 1. The number of fused-ring (bicyclic) bond motifs is 1. The summed E-state index contributed by atoms with van der Waals surface area (Å²) in [7, 11) is 0. The molecule has 2 N–H and O–H groups in total. The predicted molar refractivity (Wildman–Crippen MR) is 81.2 cm³/mol. The first kappa shape index (κ1) is 14.5. The molecule has 2 aliphatic rings. The van der Waals surface area contributed by atoms with Crippen LogP contribution < -0.4 is 10.6 Å². The van der Waals surface area contributed by atoms with Gasteiger partial charge in [-0.05, 0) is 11.1 Å². The molecule has 0 bridgehead atoms. The van der Waals surface area contributed by atoms with Crippen LogP contribution in [0.15, 0.2) is 24.3 Å². The second-order valence-corrected chi connectivity index (χ2v) is 5.63. The Balaban J connectivity index is 1.51. The third kappa shape index (κ3) is 3.61. The lowest BCUT2D eigenvalue weighted by Gasteiger charge is -2.28. The first-order valence-electron chi connectivity index (χ1n) is 7.71. The van der Waals surface area contributed by atoms with Crippen molar-refractivity contribution in [2.75, 3.05) is 45.9 Å². The second kappa shape index (κ2) is 7.02. The molecule has 0 radical (unpaired) electrons. The van der Waals surface area contributed by atoms with Gasteiger partial charge in [0.2, 0.25) is 5.91 Å². The van der Waals surface area contributed by atoms with Gasteiger partial charge in [0, 0.05) is 39.3 Å². The summed E-state index contributed by atoms with van der Waals surface area (Å²) < 4.78 is 5.32. The first-order valence-corrected chi connectivity index (χ1v) is 7.71. The van der Waals surface area contributed by atoms with Gasteiger partial charge in [-0.25, -0.2) is 0 Å². The molecule has 0 aromatic heterocycles. The van der Waals surface area contributed by atoms with Gasteiger partial charge >= 0.3 is 0 Å². The minimum absolute atomic E-state index is 0.0698. The predicted octanol–water partition coefficient (Wildman–Crippen LogP) is 0.322. The molecule has 0 aliphatic carbocycles. The van der Waals surface area contributed by atoms with E-state index in [9.17, 15) is 4.79 Å². The van der Waals surface area contributed by atoms with Crippen LogP contribution >= 0.6 is 0 Å². The highest BCUT2D eigenvalue weighted by Crippen LogP contribution is 2.23. The molecule has 3 rings (SSSR count). The molecule has 1 fully saturated rings. The molecule has 1 saturated heterocycles. The van der Waals surface area contributed by atoms with Gasteiger partial charge in [0.25, 0.3) is 0 Å². The molecular weight excluding hydrogens is 266 g/mol. The zero-order valence-corrected chi connectivity index (χ0v) is 12.3. The molecule has 114 valence electrons. The van der Waals surface area contributed by atoms with Crippen LogP contribution in [0.3, 0.4) is 0 Å². The lowest BCUT2D eigenvalue weighted by atomic mass is 9.90. The molecule has 2 aliphatic heterocycles. The van der Waals surface area contributed by atoms with Crippen LogP contribution in [0.2, 0.25) is 0 Å². The van der Waals surface area contributed by atoms with E-state index in [0.717, 1.165) is 45.9 Å². The minimum Gasteiger partial charge on any atom is -0.379 e. The molecule has 1 atom stereocenters. The molecular formula is C16H23N3O2. The third-order valence-corrected chi connectivity index (χ3v) is 4.24. The van der Waals surface area contributed by atoms with Crippen LogP contribution in [0.5, 0.6) is 0 Å². The SMILES string of the molecule is O=C(NCCN1CCOCC1)C1CNCc2ccccc21. The number of amides is 1. The number of hydrogen-bond donors (Lipinski definition) is 2. The fourth-order valence-corrected chi connectivity index (χ4v) is 3.02. The van der Waals surface area contributed by atoms with Crippen molar-refractivity contribution in [3.63, 3.8) is 0 Å². The van der Waals surface area contributed by atoms with E-state index >= 15 is 0 Å². The normalized spacial score (nSPS) is 22.6. The zero-order valence-electron chi connectivity index (χ0n) is 12.3.